The molecule has 190 valence electrons. The molecule has 2 N–H and O–H groups in total. The first kappa shape index (κ1) is 24.7. The summed E-state index contributed by atoms with van der Waals surface area (Å²) in [7, 11) is 0. The van der Waals surface area contributed by atoms with E-state index >= 15 is 0 Å². The Hall–Kier alpha value is -1.96. The predicted octanol–water partition coefficient (Wildman–Crippen LogP) is 5.65. The number of rotatable bonds is 5. The molecule has 2 saturated carbocycles. The van der Waals surface area contributed by atoms with Gasteiger partial charge < -0.3 is 14.9 Å². The Labute approximate surface area is 204 Å². The Morgan fingerprint density at radius 3 is 2.49 bits per heavy atom. The molecule has 2 aromatic rings. The minimum absolute atomic E-state index is 0.0203. The van der Waals surface area contributed by atoms with E-state index in [0.717, 1.165) is 56.5 Å². The molecule has 1 spiro atoms. The second-order valence-electron chi connectivity index (χ2n) is 11.4. The summed E-state index contributed by atoms with van der Waals surface area (Å²) in [6.07, 6.45) is 1.91. The Morgan fingerprint density at radius 2 is 1.86 bits per heavy atom. The first-order valence-corrected chi connectivity index (χ1v) is 12.6. The van der Waals surface area contributed by atoms with Crippen molar-refractivity contribution in [1.82, 2.24) is 4.98 Å². The van der Waals surface area contributed by atoms with Crippen molar-refractivity contribution in [3.05, 3.63) is 53.9 Å². The van der Waals surface area contributed by atoms with E-state index in [1.54, 1.807) is 12.3 Å². The van der Waals surface area contributed by atoms with Crippen molar-refractivity contribution >= 4 is 0 Å². The Bertz CT molecular complexity index is 1070. The molecular weight excluding hydrogens is 455 g/mol. The van der Waals surface area contributed by atoms with Gasteiger partial charge in [-0.1, -0.05) is 32.0 Å². The zero-order valence-corrected chi connectivity index (χ0v) is 20.3. The Balaban J connectivity index is 1.33. The molecule has 1 unspecified atom stereocenters. The van der Waals surface area contributed by atoms with Gasteiger partial charge in [0.1, 0.15) is 0 Å². The van der Waals surface area contributed by atoms with Crippen molar-refractivity contribution in [3.63, 3.8) is 0 Å². The molecule has 7 heteroatoms. The van der Waals surface area contributed by atoms with Crippen LogP contribution in [0.1, 0.15) is 57.2 Å². The molecule has 6 atom stereocenters. The average Bonchev–Trinajstić information content (AvgIpc) is 3.61. The van der Waals surface area contributed by atoms with Gasteiger partial charge in [-0.25, -0.2) is 0 Å². The van der Waals surface area contributed by atoms with Gasteiger partial charge in [-0.3, -0.25) is 4.98 Å². The Kier molecular flexibility index (Phi) is 6.05. The predicted molar refractivity (Wildman–Crippen MR) is 126 cm³/mol. The fraction of sp³-hybridized carbons (Fsp3) is 0.607. The van der Waals surface area contributed by atoms with Crippen molar-refractivity contribution in [1.29, 1.82) is 0 Å². The van der Waals surface area contributed by atoms with Gasteiger partial charge in [0, 0.05) is 22.9 Å². The summed E-state index contributed by atoms with van der Waals surface area (Å²) in [6.45, 7) is 5.08. The highest BCUT2D eigenvalue weighted by Gasteiger charge is 2.66. The third-order valence-corrected chi connectivity index (χ3v) is 9.49. The van der Waals surface area contributed by atoms with Crippen LogP contribution in [0.2, 0.25) is 0 Å². The largest absolute Gasteiger partial charge is 0.416 e. The molecule has 2 aliphatic carbocycles. The highest BCUT2D eigenvalue weighted by atomic mass is 19.4. The van der Waals surface area contributed by atoms with Crippen LogP contribution < -0.4 is 0 Å². The number of aromatic nitrogens is 1. The zero-order valence-electron chi connectivity index (χ0n) is 20.3. The number of benzene rings is 1. The van der Waals surface area contributed by atoms with E-state index in [-0.39, 0.29) is 23.5 Å². The molecule has 1 aromatic carbocycles. The normalized spacial score (nSPS) is 36.7. The second kappa shape index (κ2) is 8.56. The number of halogens is 3. The van der Waals surface area contributed by atoms with E-state index < -0.39 is 23.3 Å². The molecule has 1 saturated heterocycles. The van der Waals surface area contributed by atoms with Crippen LogP contribution in [0, 0.1) is 22.7 Å². The Morgan fingerprint density at radius 1 is 1.09 bits per heavy atom. The molecule has 1 aromatic heterocycles. The van der Waals surface area contributed by atoms with Crippen LogP contribution in [0.3, 0.4) is 0 Å². The van der Waals surface area contributed by atoms with Crippen LogP contribution in [0.25, 0.3) is 11.1 Å². The van der Waals surface area contributed by atoms with E-state index in [0.29, 0.717) is 23.5 Å². The quantitative estimate of drug-likeness (QED) is 0.533. The summed E-state index contributed by atoms with van der Waals surface area (Å²) < 4.78 is 45.3. The van der Waals surface area contributed by atoms with Crippen LogP contribution in [0.15, 0.2) is 42.6 Å². The number of aliphatic hydroxyl groups is 2. The third kappa shape index (κ3) is 4.19. The molecule has 2 heterocycles. The van der Waals surface area contributed by atoms with Gasteiger partial charge in [-0.15, -0.1) is 0 Å². The molecule has 5 rings (SSSR count). The molecule has 4 nitrogen and oxygen atoms in total. The number of aliphatic hydroxyl groups excluding tert-OH is 2. The average molecular weight is 490 g/mol. The summed E-state index contributed by atoms with van der Waals surface area (Å²) in [6, 6.07) is 9.06. The van der Waals surface area contributed by atoms with Gasteiger partial charge in [0.15, 0.2) is 0 Å². The first-order valence-electron chi connectivity index (χ1n) is 12.6. The number of hydrogen-bond donors (Lipinski definition) is 2. The van der Waals surface area contributed by atoms with Gasteiger partial charge in [0.25, 0.3) is 0 Å². The number of pyridine rings is 1. The summed E-state index contributed by atoms with van der Waals surface area (Å²) in [5, 5.41) is 21.0. The zero-order chi connectivity index (χ0) is 25.1. The number of hydrogen-bond acceptors (Lipinski definition) is 4. The van der Waals surface area contributed by atoms with Crippen LogP contribution in [-0.2, 0) is 17.3 Å². The summed E-state index contributed by atoms with van der Waals surface area (Å²) >= 11 is 0. The van der Waals surface area contributed by atoms with E-state index in [1.807, 2.05) is 19.1 Å². The SMILES string of the molecule is C[C@]1(CO)[C@H]2CCC3(CO3)[C@@H](CCc3ccc(-c4cccc(C(F)(F)F)c4)cn3)[C@]2(C)CC[C@H]1O. The van der Waals surface area contributed by atoms with Gasteiger partial charge >= 0.3 is 6.18 Å². The molecular formula is C28H34F3NO3. The number of ether oxygens (including phenoxy) is 1. The van der Waals surface area contributed by atoms with E-state index in [2.05, 4.69) is 11.9 Å². The molecule has 3 fully saturated rings. The smallest absolute Gasteiger partial charge is 0.396 e. The highest BCUT2D eigenvalue weighted by Crippen LogP contribution is 2.66. The maximum atomic E-state index is 13.1. The van der Waals surface area contributed by atoms with Gasteiger partial charge in [-0.2, -0.15) is 13.2 Å². The number of epoxide rings is 1. The van der Waals surface area contributed by atoms with Gasteiger partial charge in [-0.05, 0) is 79.5 Å². The van der Waals surface area contributed by atoms with Crippen LogP contribution >= 0.6 is 0 Å². The lowest BCUT2D eigenvalue weighted by atomic mass is 9.45. The third-order valence-electron chi connectivity index (χ3n) is 9.49. The number of alkyl halides is 3. The van der Waals surface area contributed by atoms with Crippen molar-refractivity contribution in [3.8, 4) is 11.1 Å². The van der Waals surface area contributed by atoms with Crippen molar-refractivity contribution in [2.24, 2.45) is 22.7 Å². The van der Waals surface area contributed by atoms with E-state index in [1.165, 1.54) is 6.07 Å². The standard InChI is InChI=1S/C28H34F3NO3/c1-25-12-11-24(34)26(2,16-33)22(25)10-13-27(17-35-27)23(25)9-8-21-7-6-19(15-32-21)18-4-3-5-20(14-18)28(29,30)31/h3-7,14-15,22-24,33-34H,8-13,16-17H2,1-2H3/t22-,23-,24+,25+,26-,27?/m0/s1. The van der Waals surface area contributed by atoms with Crippen LogP contribution in [0.5, 0.6) is 0 Å². The molecule has 0 amide bonds. The summed E-state index contributed by atoms with van der Waals surface area (Å²) in [5.74, 6) is 0.525. The number of nitrogens with zero attached hydrogens (tertiary/aromatic N) is 1. The topological polar surface area (TPSA) is 65.9 Å². The number of fused-ring (bicyclic) bond motifs is 1. The minimum atomic E-state index is -4.38. The lowest BCUT2D eigenvalue weighted by Gasteiger charge is -2.61. The molecule has 3 aliphatic rings. The van der Waals surface area contributed by atoms with E-state index in [4.69, 9.17) is 4.74 Å². The summed E-state index contributed by atoms with van der Waals surface area (Å²) in [4.78, 5) is 4.58. The lowest BCUT2D eigenvalue weighted by molar-refractivity contribution is -0.176. The molecule has 35 heavy (non-hydrogen) atoms. The van der Waals surface area contributed by atoms with Crippen LogP contribution in [-0.4, -0.2) is 40.1 Å². The maximum absolute atomic E-state index is 13.1. The van der Waals surface area contributed by atoms with Gasteiger partial charge in [0.05, 0.1) is 30.5 Å². The molecule has 1 aliphatic heterocycles. The fourth-order valence-electron chi connectivity index (χ4n) is 7.33. The highest BCUT2D eigenvalue weighted by molar-refractivity contribution is 5.63. The lowest BCUT2D eigenvalue weighted by Crippen LogP contribution is -2.60. The molecule has 0 bridgehead atoms. The first-order chi connectivity index (χ1) is 16.5. The van der Waals surface area contributed by atoms with E-state index in [9.17, 15) is 23.4 Å². The maximum Gasteiger partial charge on any atom is 0.416 e. The fourth-order valence-corrected chi connectivity index (χ4v) is 7.33. The van der Waals surface area contributed by atoms with Crippen LogP contribution in [0.4, 0.5) is 13.2 Å². The minimum Gasteiger partial charge on any atom is -0.396 e. The summed E-state index contributed by atoms with van der Waals surface area (Å²) in [5.41, 5.74) is 0.740. The van der Waals surface area contributed by atoms with Crippen molar-refractivity contribution < 1.29 is 28.1 Å². The van der Waals surface area contributed by atoms with Crippen molar-refractivity contribution in [2.75, 3.05) is 13.2 Å². The number of aryl methyl sites for hydroxylation is 1. The molecule has 0 radical (unpaired) electrons. The van der Waals surface area contributed by atoms with Gasteiger partial charge in [0.2, 0.25) is 0 Å². The van der Waals surface area contributed by atoms with Crippen molar-refractivity contribution in [2.45, 2.75) is 70.3 Å². The second-order valence-corrected chi connectivity index (χ2v) is 11.4. The monoisotopic (exact) mass is 489 g/mol.